The fourth-order valence-electron chi connectivity index (χ4n) is 3.39. The SMILES string of the molecule is CC[C@@H](Nc1nc(Nc2cnc(C)c(-n3nccn3)c2)c(C#N)cc1F)[C@H](C)NC(=O)OC(C)(C)C. The van der Waals surface area contributed by atoms with Crippen LogP contribution in [0.15, 0.2) is 30.7 Å². The summed E-state index contributed by atoms with van der Waals surface area (Å²) in [6, 6.07) is 4.06. The average molecular weight is 496 g/mol. The highest BCUT2D eigenvalue weighted by Gasteiger charge is 2.24. The topological polar surface area (TPSA) is 143 Å². The molecule has 0 spiro atoms. The van der Waals surface area contributed by atoms with Crippen LogP contribution in [0.2, 0.25) is 0 Å². The van der Waals surface area contributed by atoms with Crippen LogP contribution in [0.4, 0.5) is 26.5 Å². The van der Waals surface area contributed by atoms with Gasteiger partial charge in [0.25, 0.3) is 0 Å². The minimum atomic E-state index is -0.691. The Bertz CT molecular complexity index is 1250. The van der Waals surface area contributed by atoms with Crippen LogP contribution >= 0.6 is 0 Å². The molecule has 3 aromatic heterocycles. The number of carbonyl (C=O) groups is 1. The number of aromatic nitrogens is 5. The van der Waals surface area contributed by atoms with E-state index < -0.39 is 23.6 Å². The highest BCUT2D eigenvalue weighted by Crippen LogP contribution is 2.25. The lowest BCUT2D eigenvalue weighted by Gasteiger charge is -2.27. The molecule has 1 amide bonds. The first-order chi connectivity index (χ1) is 17.0. The number of alkyl carbamates (subject to hydrolysis) is 1. The third-order valence-corrected chi connectivity index (χ3v) is 5.16. The number of anilines is 3. The van der Waals surface area contributed by atoms with Gasteiger partial charge in [0.05, 0.1) is 35.5 Å². The molecule has 3 rings (SSSR count). The van der Waals surface area contributed by atoms with Crippen LogP contribution in [0.25, 0.3) is 5.69 Å². The summed E-state index contributed by atoms with van der Waals surface area (Å²) >= 11 is 0. The zero-order valence-electron chi connectivity index (χ0n) is 21.1. The molecule has 0 saturated heterocycles. The smallest absolute Gasteiger partial charge is 0.407 e. The van der Waals surface area contributed by atoms with Crippen molar-refractivity contribution in [3.05, 3.63) is 47.8 Å². The maximum atomic E-state index is 14.9. The molecular weight excluding hydrogens is 465 g/mol. The first-order valence-electron chi connectivity index (χ1n) is 11.5. The van der Waals surface area contributed by atoms with E-state index in [-0.39, 0.29) is 23.2 Å². The Hall–Kier alpha value is -4.27. The summed E-state index contributed by atoms with van der Waals surface area (Å²) in [6.07, 6.45) is 4.66. The van der Waals surface area contributed by atoms with Gasteiger partial charge in [-0.05, 0) is 53.2 Å². The molecule has 190 valence electrons. The summed E-state index contributed by atoms with van der Waals surface area (Å²) in [7, 11) is 0. The number of nitrogens with zero attached hydrogens (tertiary/aromatic N) is 6. The second-order valence-corrected chi connectivity index (χ2v) is 9.19. The van der Waals surface area contributed by atoms with Gasteiger partial charge in [0, 0.05) is 12.1 Å². The molecule has 2 atom stereocenters. The second-order valence-electron chi connectivity index (χ2n) is 9.19. The monoisotopic (exact) mass is 495 g/mol. The Morgan fingerprint density at radius 3 is 2.56 bits per heavy atom. The minimum absolute atomic E-state index is 0.0189. The van der Waals surface area contributed by atoms with E-state index in [1.807, 2.05) is 19.9 Å². The van der Waals surface area contributed by atoms with Crippen molar-refractivity contribution in [1.82, 2.24) is 30.3 Å². The van der Waals surface area contributed by atoms with Crippen molar-refractivity contribution in [2.75, 3.05) is 10.6 Å². The Labute approximate surface area is 209 Å². The van der Waals surface area contributed by atoms with Crippen LogP contribution < -0.4 is 16.0 Å². The first-order valence-corrected chi connectivity index (χ1v) is 11.5. The summed E-state index contributed by atoms with van der Waals surface area (Å²) in [6.45, 7) is 10.8. The van der Waals surface area contributed by atoms with Crippen molar-refractivity contribution in [3.8, 4) is 11.8 Å². The van der Waals surface area contributed by atoms with Gasteiger partial charge >= 0.3 is 6.09 Å². The Kier molecular flexibility index (Phi) is 8.03. The van der Waals surface area contributed by atoms with Gasteiger partial charge in [0.1, 0.15) is 17.4 Å². The average Bonchev–Trinajstić information content (AvgIpc) is 3.33. The number of amides is 1. The summed E-state index contributed by atoms with van der Waals surface area (Å²) in [5, 5.41) is 26.6. The van der Waals surface area contributed by atoms with Crippen LogP contribution in [0.5, 0.6) is 0 Å². The number of rotatable bonds is 8. The fourth-order valence-corrected chi connectivity index (χ4v) is 3.39. The molecular formula is C24H30FN9O2. The van der Waals surface area contributed by atoms with E-state index in [9.17, 15) is 14.4 Å². The molecule has 0 unspecified atom stereocenters. The third-order valence-electron chi connectivity index (χ3n) is 5.16. The van der Waals surface area contributed by atoms with Crippen LogP contribution in [0.1, 0.15) is 52.3 Å². The van der Waals surface area contributed by atoms with Crippen LogP contribution in [-0.4, -0.2) is 48.7 Å². The predicted octanol–water partition coefficient (Wildman–Crippen LogP) is 4.22. The van der Waals surface area contributed by atoms with Crippen LogP contribution in [-0.2, 0) is 4.74 Å². The Morgan fingerprint density at radius 2 is 1.94 bits per heavy atom. The molecule has 12 heteroatoms. The lowest BCUT2D eigenvalue weighted by Crippen LogP contribution is -2.46. The highest BCUT2D eigenvalue weighted by atomic mass is 19.1. The van der Waals surface area contributed by atoms with E-state index in [1.165, 1.54) is 4.80 Å². The Morgan fingerprint density at radius 1 is 1.25 bits per heavy atom. The van der Waals surface area contributed by atoms with Gasteiger partial charge < -0.3 is 20.7 Å². The van der Waals surface area contributed by atoms with Gasteiger partial charge in [0.2, 0.25) is 0 Å². The standard InChI is InChI=1S/C24H30FN9O2/c1-7-19(14(2)30-23(35)36-24(4,5)6)32-22-18(25)10-16(12-26)21(33-22)31-17-11-20(15(3)27-13-17)34-28-8-9-29-34/h8-11,13-14,19H,7H2,1-6H3,(H,30,35)(H2,31,32,33)/t14-,19+/m0/s1. The molecule has 0 aliphatic carbocycles. The van der Waals surface area contributed by atoms with Crippen molar-refractivity contribution in [2.24, 2.45) is 0 Å². The molecule has 3 heterocycles. The number of carbonyl (C=O) groups excluding carboxylic acids is 1. The van der Waals surface area contributed by atoms with E-state index in [4.69, 9.17) is 4.74 Å². The number of nitriles is 1. The zero-order valence-corrected chi connectivity index (χ0v) is 21.1. The lowest BCUT2D eigenvalue weighted by molar-refractivity contribution is 0.0503. The zero-order chi connectivity index (χ0) is 26.5. The maximum Gasteiger partial charge on any atom is 0.407 e. The molecule has 3 aromatic rings. The number of aryl methyl sites for hydroxylation is 1. The minimum Gasteiger partial charge on any atom is -0.444 e. The number of hydrogen-bond donors (Lipinski definition) is 3. The van der Waals surface area contributed by atoms with Crippen molar-refractivity contribution in [1.29, 1.82) is 5.26 Å². The molecule has 0 saturated carbocycles. The van der Waals surface area contributed by atoms with Crippen molar-refractivity contribution in [2.45, 2.75) is 65.6 Å². The number of halogens is 1. The van der Waals surface area contributed by atoms with Gasteiger partial charge in [0.15, 0.2) is 17.5 Å². The molecule has 11 nitrogen and oxygen atoms in total. The van der Waals surface area contributed by atoms with Gasteiger partial charge in [-0.2, -0.15) is 15.5 Å². The molecule has 0 aliphatic rings. The van der Waals surface area contributed by atoms with E-state index in [1.54, 1.807) is 52.4 Å². The summed E-state index contributed by atoms with van der Waals surface area (Å²) in [5.41, 5.74) is 1.23. The Balaban J connectivity index is 1.83. The fraction of sp³-hybridized carbons (Fsp3) is 0.417. The van der Waals surface area contributed by atoms with Crippen LogP contribution in [0.3, 0.4) is 0 Å². The number of nitrogens with one attached hydrogen (secondary N) is 3. The van der Waals surface area contributed by atoms with E-state index in [0.29, 0.717) is 23.5 Å². The first kappa shape index (κ1) is 26.3. The lowest BCUT2D eigenvalue weighted by atomic mass is 10.1. The molecule has 3 N–H and O–H groups in total. The van der Waals surface area contributed by atoms with Gasteiger partial charge in [-0.1, -0.05) is 6.92 Å². The molecule has 36 heavy (non-hydrogen) atoms. The van der Waals surface area contributed by atoms with Gasteiger partial charge in [-0.25, -0.2) is 14.2 Å². The van der Waals surface area contributed by atoms with Crippen molar-refractivity contribution in [3.63, 3.8) is 0 Å². The normalized spacial score (nSPS) is 12.8. The number of pyridine rings is 2. The molecule has 0 aliphatic heterocycles. The third kappa shape index (κ3) is 6.65. The molecule has 0 radical (unpaired) electrons. The van der Waals surface area contributed by atoms with E-state index >= 15 is 0 Å². The predicted molar refractivity (Wildman–Crippen MR) is 133 cm³/mol. The highest BCUT2D eigenvalue weighted by molar-refractivity contribution is 5.68. The summed E-state index contributed by atoms with van der Waals surface area (Å²) in [5.74, 6) is -0.604. The maximum absolute atomic E-state index is 14.9. The number of ether oxygens (including phenoxy) is 1. The largest absolute Gasteiger partial charge is 0.444 e. The van der Waals surface area contributed by atoms with Crippen molar-refractivity contribution >= 4 is 23.4 Å². The summed E-state index contributed by atoms with van der Waals surface area (Å²) in [4.78, 5) is 22.3. The second kappa shape index (κ2) is 11.0. The van der Waals surface area contributed by atoms with Gasteiger partial charge in [-0.3, -0.25) is 4.98 Å². The summed E-state index contributed by atoms with van der Waals surface area (Å²) < 4.78 is 20.2. The van der Waals surface area contributed by atoms with E-state index in [2.05, 4.69) is 36.1 Å². The molecule has 0 fully saturated rings. The number of hydrogen-bond acceptors (Lipinski definition) is 9. The van der Waals surface area contributed by atoms with Gasteiger partial charge in [-0.15, -0.1) is 4.80 Å². The molecule has 0 aromatic carbocycles. The quantitative estimate of drug-likeness (QED) is 0.418. The van der Waals surface area contributed by atoms with E-state index in [0.717, 1.165) is 6.07 Å². The molecule has 0 bridgehead atoms. The van der Waals surface area contributed by atoms with Crippen molar-refractivity contribution < 1.29 is 13.9 Å². The van der Waals surface area contributed by atoms with Crippen LogP contribution in [0, 0.1) is 24.1 Å².